The van der Waals surface area contributed by atoms with E-state index < -0.39 is 28.5 Å². The molecule has 0 radical (unpaired) electrons. The number of sulfonamides is 1. The van der Waals surface area contributed by atoms with E-state index >= 15 is 0 Å². The number of rotatable bonds is 11. The van der Waals surface area contributed by atoms with Gasteiger partial charge < -0.3 is 10.2 Å². The monoisotopic (exact) mass is 575 g/mol. The third-order valence-electron chi connectivity index (χ3n) is 5.82. The van der Waals surface area contributed by atoms with Crippen molar-refractivity contribution >= 4 is 50.7 Å². The molecular weight excluding hydrogens is 545 g/mol. The molecule has 0 bridgehead atoms. The normalized spacial score (nSPS) is 12.2. The summed E-state index contributed by atoms with van der Waals surface area (Å²) in [6.45, 7) is 5.55. The summed E-state index contributed by atoms with van der Waals surface area (Å²) in [5.74, 6) is -0.663. The molecular formula is C28H31Cl2N3O4S. The first-order chi connectivity index (χ1) is 18.0. The summed E-state index contributed by atoms with van der Waals surface area (Å²) < 4.78 is 28.4. The number of carbonyl (C=O) groups is 2. The highest BCUT2D eigenvalue weighted by Gasteiger charge is 2.32. The number of nitrogens with zero attached hydrogens (tertiary/aromatic N) is 2. The van der Waals surface area contributed by atoms with Crippen molar-refractivity contribution in [1.82, 2.24) is 10.2 Å². The van der Waals surface area contributed by atoms with E-state index in [0.717, 1.165) is 4.31 Å². The van der Waals surface area contributed by atoms with Crippen LogP contribution in [0.4, 0.5) is 5.69 Å². The molecule has 0 saturated carbocycles. The number of carbonyl (C=O) groups excluding carboxylic acids is 2. The Morgan fingerprint density at radius 1 is 0.868 bits per heavy atom. The zero-order valence-corrected chi connectivity index (χ0v) is 23.8. The number of amides is 2. The molecule has 0 unspecified atom stereocenters. The van der Waals surface area contributed by atoms with Gasteiger partial charge in [0.15, 0.2) is 0 Å². The Morgan fingerprint density at radius 3 is 2.13 bits per heavy atom. The fraction of sp³-hybridized carbons (Fsp3) is 0.286. The largest absolute Gasteiger partial charge is 0.354 e. The third-order valence-corrected chi connectivity index (χ3v) is 8.09. The molecule has 0 heterocycles. The molecule has 3 aromatic rings. The number of nitrogens with one attached hydrogen (secondary N) is 1. The Kier molecular flexibility index (Phi) is 10.2. The van der Waals surface area contributed by atoms with E-state index in [1.807, 2.05) is 13.8 Å². The predicted molar refractivity (Wildman–Crippen MR) is 152 cm³/mol. The maximum Gasteiger partial charge on any atom is 0.264 e. The van der Waals surface area contributed by atoms with Crippen molar-refractivity contribution in [1.29, 1.82) is 0 Å². The van der Waals surface area contributed by atoms with Gasteiger partial charge in [0.25, 0.3) is 10.0 Å². The van der Waals surface area contributed by atoms with E-state index in [1.54, 1.807) is 61.5 Å². The summed E-state index contributed by atoms with van der Waals surface area (Å²) >= 11 is 12.2. The quantitative estimate of drug-likeness (QED) is 0.332. The minimum atomic E-state index is -4.12. The van der Waals surface area contributed by atoms with Crippen LogP contribution in [0, 0.1) is 5.92 Å². The van der Waals surface area contributed by atoms with Gasteiger partial charge in [-0.1, -0.05) is 67.4 Å². The van der Waals surface area contributed by atoms with Crippen molar-refractivity contribution in [3.8, 4) is 0 Å². The zero-order chi connectivity index (χ0) is 27.9. The van der Waals surface area contributed by atoms with Crippen LogP contribution in [-0.4, -0.2) is 44.3 Å². The van der Waals surface area contributed by atoms with Crippen LogP contribution in [0.5, 0.6) is 0 Å². The first-order valence-corrected chi connectivity index (χ1v) is 14.3. The molecule has 202 valence electrons. The molecule has 0 spiro atoms. The number of benzene rings is 3. The molecule has 0 aliphatic carbocycles. The van der Waals surface area contributed by atoms with Crippen LogP contribution in [0.25, 0.3) is 0 Å². The molecule has 38 heavy (non-hydrogen) atoms. The van der Waals surface area contributed by atoms with E-state index in [1.165, 1.54) is 29.2 Å². The topological polar surface area (TPSA) is 86.8 Å². The van der Waals surface area contributed by atoms with Crippen LogP contribution in [0.1, 0.15) is 26.3 Å². The Morgan fingerprint density at radius 2 is 1.53 bits per heavy atom. The molecule has 1 N–H and O–H groups in total. The number of anilines is 1. The minimum absolute atomic E-state index is 0.0341. The lowest BCUT2D eigenvalue weighted by atomic mass is 10.1. The molecule has 2 amide bonds. The fourth-order valence-corrected chi connectivity index (χ4v) is 5.50. The van der Waals surface area contributed by atoms with Crippen molar-refractivity contribution in [3.05, 3.63) is 94.5 Å². The first-order valence-electron chi connectivity index (χ1n) is 12.1. The van der Waals surface area contributed by atoms with Crippen LogP contribution in [0.2, 0.25) is 10.0 Å². The summed E-state index contributed by atoms with van der Waals surface area (Å²) in [4.78, 5) is 28.2. The Labute approximate surface area is 234 Å². The van der Waals surface area contributed by atoms with Crippen LogP contribution in [-0.2, 0) is 26.2 Å². The van der Waals surface area contributed by atoms with E-state index in [-0.39, 0.29) is 29.0 Å². The van der Waals surface area contributed by atoms with E-state index in [0.29, 0.717) is 22.2 Å². The molecule has 1 atom stereocenters. The average Bonchev–Trinajstić information content (AvgIpc) is 2.89. The molecule has 0 aromatic heterocycles. The summed E-state index contributed by atoms with van der Waals surface area (Å²) in [6.07, 6.45) is 0. The van der Waals surface area contributed by atoms with Crippen LogP contribution in [0.15, 0.2) is 83.8 Å². The number of hydrogen-bond donors (Lipinski definition) is 1. The highest BCUT2D eigenvalue weighted by Crippen LogP contribution is 2.26. The highest BCUT2D eigenvalue weighted by molar-refractivity contribution is 7.92. The summed E-state index contributed by atoms with van der Waals surface area (Å²) in [5.41, 5.74) is 0.976. The van der Waals surface area contributed by atoms with Gasteiger partial charge in [0.2, 0.25) is 11.8 Å². The van der Waals surface area contributed by atoms with Gasteiger partial charge in [-0.2, -0.15) is 0 Å². The Balaban J connectivity index is 1.99. The zero-order valence-electron chi connectivity index (χ0n) is 21.5. The number of hydrogen-bond acceptors (Lipinski definition) is 4. The lowest BCUT2D eigenvalue weighted by Gasteiger charge is -2.32. The van der Waals surface area contributed by atoms with Gasteiger partial charge in [0.05, 0.1) is 10.6 Å². The highest BCUT2D eigenvalue weighted by atomic mass is 35.5. The van der Waals surface area contributed by atoms with Crippen molar-refractivity contribution in [2.75, 3.05) is 17.4 Å². The molecule has 0 saturated heterocycles. The van der Waals surface area contributed by atoms with Crippen LogP contribution < -0.4 is 9.62 Å². The Bertz CT molecular complexity index is 1350. The van der Waals surface area contributed by atoms with Crippen LogP contribution >= 0.6 is 23.2 Å². The molecule has 7 nitrogen and oxygen atoms in total. The lowest BCUT2D eigenvalue weighted by molar-refractivity contribution is -0.139. The fourth-order valence-electron chi connectivity index (χ4n) is 3.72. The maximum absolute atomic E-state index is 13.8. The third kappa shape index (κ3) is 7.72. The van der Waals surface area contributed by atoms with Gasteiger partial charge in [-0.3, -0.25) is 13.9 Å². The van der Waals surface area contributed by atoms with Gasteiger partial charge in [-0.15, -0.1) is 0 Å². The van der Waals surface area contributed by atoms with E-state index in [2.05, 4.69) is 5.32 Å². The molecule has 0 fully saturated rings. The van der Waals surface area contributed by atoms with Gasteiger partial charge in [0.1, 0.15) is 12.6 Å². The molecule has 10 heteroatoms. The van der Waals surface area contributed by atoms with Gasteiger partial charge in [0, 0.05) is 23.1 Å². The van der Waals surface area contributed by atoms with E-state index in [4.69, 9.17) is 23.2 Å². The van der Waals surface area contributed by atoms with Gasteiger partial charge >= 0.3 is 0 Å². The van der Waals surface area contributed by atoms with Gasteiger partial charge in [-0.05, 0) is 66.9 Å². The second-order valence-corrected chi connectivity index (χ2v) is 12.0. The Hall–Kier alpha value is -3.07. The van der Waals surface area contributed by atoms with Crippen molar-refractivity contribution in [2.45, 2.75) is 38.3 Å². The van der Waals surface area contributed by atoms with Crippen molar-refractivity contribution in [2.24, 2.45) is 5.92 Å². The second kappa shape index (κ2) is 13.1. The average molecular weight is 577 g/mol. The second-order valence-electron chi connectivity index (χ2n) is 9.27. The molecule has 3 rings (SSSR count). The molecule has 0 aliphatic heterocycles. The van der Waals surface area contributed by atoms with Gasteiger partial charge in [-0.25, -0.2) is 8.42 Å². The first kappa shape index (κ1) is 29.5. The lowest BCUT2D eigenvalue weighted by Crippen LogP contribution is -2.51. The SMILES string of the molecule is CC(C)CNC(=O)[C@H](C)N(Cc1cccc(Cl)c1)C(=O)CN(c1ccc(Cl)cc1)S(=O)(=O)c1ccccc1. The van der Waals surface area contributed by atoms with E-state index in [9.17, 15) is 18.0 Å². The van der Waals surface area contributed by atoms with Crippen LogP contribution in [0.3, 0.4) is 0 Å². The predicted octanol–water partition coefficient (Wildman–Crippen LogP) is 5.38. The summed E-state index contributed by atoms with van der Waals surface area (Å²) in [7, 11) is -4.12. The smallest absolute Gasteiger partial charge is 0.264 e. The summed E-state index contributed by atoms with van der Waals surface area (Å²) in [6, 6.07) is 20.2. The summed E-state index contributed by atoms with van der Waals surface area (Å²) in [5, 5.41) is 3.77. The van der Waals surface area contributed by atoms with Crippen molar-refractivity contribution < 1.29 is 18.0 Å². The number of halogens is 2. The maximum atomic E-state index is 13.8. The molecule has 3 aromatic carbocycles. The minimum Gasteiger partial charge on any atom is -0.354 e. The molecule has 0 aliphatic rings. The standard InChI is InChI=1S/C28H31Cl2N3O4S/c1-20(2)17-31-28(35)21(3)32(18-22-8-7-9-24(30)16-22)27(34)19-33(25-14-12-23(29)13-15-25)38(36,37)26-10-5-4-6-11-26/h4-16,20-21H,17-19H2,1-3H3,(H,31,35)/t21-/m0/s1. The van der Waals surface area contributed by atoms with Crippen molar-refractivity contribution in [3.63, 3.8) is 0 Å².